The van der Waals surface area contributed by atoms with E-state index >= 15 is 0 Å². The molecule has 2 heterocycles. The Labute approximate surface area is 146 Å². The number of rotatable bonds is 6. The van der Waals surface area contributed by atoms with Gasteiger partial charge in [-0.05, 0) is 42.3 Å². The van der Waals surface area contributed by atoms with Gasteiger partial charge in [-0.3, -0.25) is 14.8 Å². The van der Waals surface area contributed by atoms with Gasteiger partial charge in [0, 0.05) is 18.9 Å². The maximum absolute atomic E-state index is 11.9. The first-order valence-electron chi connectivity index (χ1n) is 8.04. The summed E-state index contributed by atoms with van der Waals surface area (Å²) in [5.41, 5.74) is 3.55. The van der Waals surface area contributed by atoms with Crippen LogP contribution >= 0.6 is 0 Å². The number of para-hydroxylation sites is 1. The zero-order valence-electron chi connectivity index (χ0n) is 14.0. The number of nitrogens with one attached hydrogen (secondary N) is 1. The van der Waals surface area contributed by atoms with Crippen molar-refractivity contribution in [2.75, 3.05) is 6.61 Å². The average Bonchev–Trinajstić information content (AvgIpc) is 2.67. The summed E-state index contributed by atoms with van der Waals surface area (Å²) in [5, 5.41) is 2.83. The van der Waals surface area contributed by atoms with Crippen molar-refractivity contribution in [2.24, 2.45) is 0 Å². The SMILES string of the molecule is Cc1ccccc1OCC(=O)NCc1ccc(-c2ccccn2)nc1. The van der Waals surface area contributed by atoms with Crippen LogP contribution in [-0.4, -0.2) is 22.5 Å². The lowest BCUT2D eigenvalue weighted by Gasteiger charge is -2.09. The van der Waals surface area contributed by atoms with Crippen molar-refractivity contribution >= 4 is 5.91 Å². The standard InChI is InChI=1S/C20H19N3O2/c1-15-6-2-3-8-19(15)25-14-20(24)23-13-16-9-10-18(22-12-16)17-7-4-5-11-21-17/h2-12H,13-14H2,1H3,(H,23,24). The van der Waals surface area contributed by atoms with Crippen LogP contribution in [0.1, 0.15) is 11.1 Å². The molecule has 2 aromatic heterocycles. The van der Waals surface area contributed by atoms with Gasteiger partial charge in [0.15, 0.2) is 6.61 Å². The number of hydrogen-bond acceptors (Lipinski definition) is 4. The van der Waals surface area contributed by atoms with Crippen molar-refractivity contribution in [2.45, 2.75) is 13.5 Å². The number of ether oxygens (including phenoxy) is 1. The van der Waals surface area contributed by atoms with Crippen molar-refractivity contribution in [3.8, 4) is 17.1 Å². The molecule has 0 unspecified atom stereocenters. The highest BCUT2D eigenvalue weighted by molar-refractivity contribution is 5.77. The second-order valence-electron chi connectivity index (χ2n) is 5.60. The van der Waals surface area contributed by atoms with Crippen LogP contribution in [0, 0.1) is 6.92 Å². The van der Waals surface area contributed by atoms with E-state index in [2.05, 4.69) is 15.3 Å². The van der Waals surface area contributed by atoms with Gasteiger partial charge in [-0.25, -0.2) is 0 Å². The van der Waals surface area contributed by atoms with Gasteiger partial charge in [0.05, 0.1) is 11.4 Å². The third-order valence-corrected chi connectivity index (χ3v) is 3.69. The Hall–Kier alpha value is -3.21. The minimum absolute atomic E-state index is 0.00962. The molecule has 5 heteroatoms. The lowest BCUT2D eigenvalue weighted by molar-refractivity contribution is -0.123. The van der Waals surface area contributed by atoms with E-state index in [1.807, 2.05) is 61.5 Å². The summed E-state index contributed by atoms with van der Waals surface area (Å²) in [7, 11) is 0. The third-order valence-electron chi connectivity index (χ3n) is 3.69. The molecule has 5 nitrogen and oxygen atoms in total. The van der Waals surface area contributed by atoms with Gasteiger partial charge >= 0.3 is 0 Å². The molecule has 0 saturated carbocycles. The molecular formula is C20H19N3O2. The first-order chi connectivity index (χ1) is 12.2. The van der Waals surface area contributed by atoms with E-state index in [0.29, 0.717) is 6.54 Å². The van der Waals surface area contributed by atoms with Gasteiger partial charge in [0.25, 0.3) is 5.91 Å². The zero-order chi connectivity index (χ0) is 17.5. The summed E-state index contributed by atoms with van der Waals surface area (Å²) in [6.45, 7) is 2.35. The number of amides is 1. The predicted octanol–water partition coefficient (Wildman–Crippen LogP) is 3.15. The van der Waals surface area contributed by atoms with Crippen molar-refractivity contribution < 1.29 is 9.53 Å². The molecule has 126 valence electrons. The fourth-order valence-electron chi connectivity index (χ4n) is 2.31. The number of pyridine rings is 2. The maximum atomic E-state index is 11.9. The molecule has 0 fully saturated rings. The number of aromatic nitrogens is 2. The third kappa shape index (κ3) is 4.64. The van der Waals surface area contributed by atoms with Gasteiger partial charge in [-0.1, -0.05) is 30.3 Å². The fourth-order valence-corrected chi connectivity index (χ4v) is 2.31. The van der Waals surface area contributed by atoms with Gasteiger partial charge in [0.1, 0.15) is 5.75 Å². The highest BCUT2D eigenvalue weighted by Gasteiger charge is 2.05. The van der Waals surface area contributed by atoms with Gasteiger partial charge in [-0.2, -0.15) is 0 Å². The van der Waals surface area contributed by atoms with E-state index in [0.717, 1.165) is 28.3 Å². The van der Waals surface area contributed by atoms with Crippen molar-refractivity contribution in [1.29, 1.82) is 0 Å². The molecule has 0 bridgehead atoms. The molecule has 1 amide bonds. The molecule has 0 aliphatic heterocycles. The van der Waals surface area contributed by atoms with Crippen LogP contribution in [-0.2, 0) is 11.3 Å². The highest BCUT2D eigenvalue weighted by atomic mass is 16.5. The van der Waals surface area contributed by atoms with Crippen LogP contribution < -0.4 is 10.1 Å². The van der Waals surface area contributed by atoms with Crippen LogP contribution in [0.4, 0.5) is 0 Å². The smallest absolute Gasteiger partial charge is 0.258 e. The van der Waals surface area contributed by atoms with E-state index in [1.54, 1.807) is 12.4 Å². The maximum Gasteiger partial charge on any atom is 0.258 e. The highest BCUT2D eigenvalue weighted by Crippen LogP contribution is 2.16. The van der Waals surface area contributed by atoms with Gasteiger partial charge in [0.2, 0.25) is 0 Å². The number of benzene rings is 1. The first-order valence-corrected chi connectivity index (χ1v) is 8.04. The Morgan fingerprint density at radius 1 is 1.00 bits per heavy atom. The van der Waals surface area contributed by atoms with Crippen molar-refractivity contribution in [3.63, 3.8) is 0 Å². The summed E-state index contributed by atoms with van der Waals surface area (Å²) in [4.78, 5) is 20.6. The molecule has 1 N–H and O–H groups in total. The monoisotopic (exact) mass is 333 g/mol. The summed E-state index contributed by atoms with van der Waals surface area (Å²) < 4.78 is 5.53. The molecule has 1 aromatic carbocycles. The van der Waals surface area contributed by atoms with E-state index in [4.69, 9.17) is 4.74 Å². The lowest BCUT2D eigenvalue weighted by atomic mass is 10.2. The largest absolute Gasteiger partial charge is 0.484 e. The van der Waals surface area contributed by atoms with Crippen LogP contribution in [0.3, 0.4) is 0 Å². The Morgan fingerprint density at radius 2 is 1.80 bits per heavy atom. The van der Waals surface area contributed by atoms with E-state index < -0.39 is 0 Å². The molecule has 3 aromatic rings. The molecule has 0 aliphatic rings. The Bertz CT molecular complexity index is 833. The molecular weight excluding hydrogens is 314 g/mol. The van der Waals surface area contributed by atoms with Gasteiger partial charge in [-0.15, -0.1) is 0 Å². The second kappa shape index (κ2) is 8.06. The summed E-state index contributed by atoms with van der Waals surface area (Å²) >= 11 is 0. The van der Waals surface area contributed by atoms with Crippen LogP contribution in [0.5, 0.6) is 5.75 Å². The van der Waals surface area contributed by atoms with Crippen molar-refractivity contribution in [3.05, 3.63) is 78.1 Å². The summed E-state index contributed by atoms with van der Waals surface area (Å²) in [5.74, 6) is 0.552. The van der Waals surface area contributed by atoms with Crippen molar-refractivity contribution in [1.82, 2.24) is 15.3 Å². The Balaban J connectivity index is 1.50. The predicted molar refractivity (Wildman–Crippen MR) is 96.0 cm³/mol. The van der Waals surface area contributed by atoms with E-state index in [1.165, 1.54) is 0 Å². The molecule has 0 spiro atoms. The Morgan fingerprint density at radius 3 is 2.52 bits per heavy atom. The number of carbonyl (C=O) groups excluding carboxylic acids is 1. The minimum atomic E-state index is -0.169. The number of hydrogen-bond donors (Lipinski definition) is 1. The second-order valence-corrected chi connectivity index (χ2v) is 5.60. The number of carbonyl (C=O) groups is 1. The summed E-state index contributed by atoms with van der Waals surface area (Å²) in [6, 6.07) is 17.1. The fraction of sp³-hybridized carbons (Fsp3) is 0.150. The molecule has 0 aliphatic carbocycles. The average molecular weight is 333 g/mol. The van der Waals surface area contributed by atoms with Crippen LogP contribution in [0.2, 0.25) is 0 Å². The summed E-state index contributed by atoms with van der Waals surface area (Å²) in [6.07, 6.45) is 3.48. The molecule has 0 atom stereocenters. The molecule has 0 radical (unpaired) electrons. The number of nitrogens with zero attached hydrogens (tertiary/aromatic N) is 2. The Kier molecular flexibility index (Phi) is 5.36. The number of aryl methyl sites for hydroxylation is 1. The molecule has 0 saturated heterocycles. The first kappa shape index (κ1) is 16.6. The van der Waals surface area contributed by atoms with Crippen LogP contribution in [0.25, 0.3) is 11.4 Å². The van der Waals surface area contributed by atoms with E-state index in [9.17, 15) is 4.79 Å². The van der Waals surface area contributed by atoms with Gasteiger partial charge < -0.3 is 10.1 Å². The topological polar surface area (TPSA) is 64.1 Å². The molecule has 25 heavy (non-hydrogen) atoms. The normalized spacial score (nSPS) is 10.3. The van der Waals surface area contributed by atoms with Crippen LogP contribution in [0.15, 0.2) is 67.0 Å². The zero-order valence-corrected chi connectivity index (χ0v) is 14.0. The quantitative estimate of drug-likeness (QED) is 0.753. The minimum Gasteiger partial charge on any atom is -0.484 e. The van der Waals surface area contributed by atoms with E-state index in [-0.39, 0.29) is 12.5 Å². The lowest BCUT2D eigenvalue weighted by Crippen LogP contribution is -2.28. The molecule has 3 rings (SSSR count).